The Morgan fingerprint density at radius 2 is 2.03 bits per heavy atom. The number of fused-ring (bicyclic) bond motifs is 1. The number of tetrazole rings is 1. The average molecular weight is 473 g/mol. The van der Waals surface area contributed by atoms with Crippen LogP contribution in [-0.4, -0.2) is 42.8 Å². The second kappa shape index (κ2) is 10.5. The van der Waals surface area contributed by atoms with Crippen molar-refractivity contribution in [2.24, 2.45) is 0 Å². The molecule has 4 aromatic rings. The number of benzene rings is 2. The Kier molecular flexibility index (Phi) is 7.01. The van der Waals surface area contributed by atoms with Crippen molar-refractivity contribution in [2.75, 3.05) is 6.61 Å². The monoisotopic (exact) mass is 472 g/mol. The van der Waals surface area contributed by atoms with Crippen molar-refractivity contribution in [3.8, 4) is 0 Å². The van der Waals surface area contributed by atoms with Crippen LogP contribution in [0.2, 0.25) is 0 Å². The van der Waals surface area contributed by atoms with Crippen LogP contribution >= 0.6 is 0 Å². The van der Waals surface area contributed by atoms with Crippen molar-refractivity contribution in [2.45, 2.75) is 64.9 Å². The zero-order valence-electron chi connectivity index (χ0n) is 20.4. The number of ether oxygens (including phenoxy) is 1. The van der Waals surface area contributed by atoms with Gasteiger partial charge in [-0.15, -0.1) is 5.10 Å². The highest BCUT2D eigenvalue weighted by Gasteiger charge is 2.27. The van der Waals surface area contributed by atoms with Crippen LogP contribution in [0, 0.1) is 6.92 Å². The van der Waals surface area contributed by atoms with Gasteiger partial charge in [0.2, 0.25) is 0 Å². The molecular weight excluding hydrogens is 440 g/mol. The molecular formula is C27H32N6O2. The minimum Gasteiger partial charge on any atom is -0.376 e. The van der Waals surface area contributed by atoms with Gasteiger partial charge >= 0.3 is 0 Å². The summed E-state index contributed by atoms with van der Waals surface area (Å²) < 4.78 is 7.72. The predicted octanol–water partition coefficient (Wildman–Crippen LogP) is 4.16. The lowest BCUT2D eigenvalue weighted by atomic mass is 10.1. The maximum atomic E-state index is 13.1. The molecule has 1 aliphatic rings. The molecule has 5 rings (SSSR count). The third-order valence-corrected chi connectivity index (χ3v) is 6.77. The summed E-state index contributed by atoms with van der Waals surface area (Å²) in [7, 11) is 0. The topological polar surface area (TPSA) is 88.9 Å². The molecule has 2 aromatic heterocycles. The summed E-state index contributed by atoms with van der Waals surface area (Å²) in [5.41, 5.74) is 3.83. The van der Waals surface area contributed by atoms with Crippen molar-refractivity contribution < 1.29 is 4.74 Å². The first kappa shape index (κ1) is 23.4. The number of pyridine rings is 1. The summed E-state index contributed by atoms with van der Waals surface area (Å²) >= 11 is 0. The zero-order valence-corrected chi connectivity index (χ0v) is 20.4. The van der Waals surface area contributed by atoms with Crippen LogP contribution in [0.25, 0.3) is 10.9 Å². The van der Waals surface area contributed by atoms with E-state index in [9.17, 15) is 4.79 Å². The van der Waals surface area contributed by atoms with Gasteiger partial charge in [0.05, 0.1) is 18.7 Å². The Hall–Kier alpha value is -3.36. The largest absolute Gasteiger partial charge is 0.376 e. The van der Waals surface area contributed by atoms with E-state index in [-0.39, 0.29) is 17.7 Å². The third-order valence-electron chi connectivity index (χ3n) is 6.77. The quantitative estimate of drug-likeness (QED) is 0.394. The van der Waals surface area contributed by atoms with Crippen LogP contribution in [-0.2, 0) is 24.4 Å². The van der Waals surface area contributed by atoms with E-state index in [1.54, 1.807) is 0 Å². The van der Waals surface area contributed by atoms with Crippen LogP contribution in [0.1, 0.15) is 54.7 Å². The van der Waals surface area contributed by atoms with Gasteiger partial charge in [0, 0.05) is 30.8 Å². The first-order valence-electron chi connectivity index (χ1n) is 12.4. The SMILES string of the molecule is CC[C@H](c1nnnn1C[C@@H]1CCCO1)N(Cc1ccccc1)Cc1cc2ccc(C)cc2[nH]c1=O. The second-order valence-electron chi connectivity index (χ2n) is 9.38. The van der Waals surface area contributed by atoms with Gasteiger partial charge in [0.1, 0.15) is 0 Å². The molecule has 1 N–H and O–H groups in total. The lowest BCUT2D eigenvalue weighted by molar-refractivity contribution is 0.0888. The highest BCUT2D eigenvalue weighted by atomic mass is 16.5. The van der Waals surface area contributed by atoms with Crippen LogP contribution in [0.4, 0.5) is 0 Å². The summed E-state index contributed by atoms with van der Waals surface area (Å²) in [6.45, 7) is 6.77. The normalized spacial score (nSPS) is 16.8. The number of aryl methyl sites for hydroxylation is 1. The molecule has 8 nitrogen and oxygen atoms in total. The summed E-state index contributed by atoms with van der Waals surface area (Å²) in [4.78, 5) is 18.5. The van der Waals surface area contributed by atoms with E-state index >= 15 is 0 Å². The van der Waals surface area contributed by atoms with Crippen LogP contribution < -0.4 is 5.56 Å². The Morgan fingerprint density at radius 3 is 2.80 bits per heavy atom. The summed E-state index contributed by atoms with van der Waals surface area (Å²) in [5.74, 6) is 0.812. The predicted molar refractivity (Wildman–Crippen MR) is 135 cm³/mol. The van der Waals surface area contributed by atoms with Gasteiger partial charge in [0.15, 0.2) is 5.82 Å². The van der Waals surface area contributed by atoms with E-state index in [1.807, 2.05) is 41.9 Å². The summed E-state index contributed by atoms with van der Waals surface area (Å²) in [6, 6.07) is 18.4. The number of nitrogens with one attached hydrogen (secondary N) is 1. The number of aromatic amines is 1. The lowest BCUT2D eigenvalue weighted by Crippen LogP contribution is -2.33. The number of rotatable bonds is 9. The molecule has 0 aliphatic carbocycles. The molecule has 2 atom stereocenters. The van der Waals surface area contributed by atoms with E-state index < -0.39 is 0 Å². The minimum absolute atomic E-state index is 0.0558. The standard InChI is InChI=1S/C27H32N6O2/c1-3-25(26-29-30-31-33(26)18-23-10-7-13-35-23)32(16-20-8-5-4-6-9-20)17-22-15-21-12-11-19(2)14-24(21)28-27(22)34/h4-6,8-9,11-12,14-15,23,25H,3,7,10,13,16-18H2,1-2H3,(H,28,34)/t23-,25+/m0/s1. The van der Waals surface area contributed by atoms with E-state index in [4.69, 9.17) is 4.74 Å². The molecule has 35 heavy (non-hydrogen) atoms. The Morgan fingerprint density at radius 1 is 1.17 bits per heavy atom. The van der Waals surface area contributed by atoms with Crippen LogP contribution in [0.15, 0.2) is 59.4 Å². The highest BCUT2D eigenvalue weighted by molar-refractivity contribution is 5.79. The van der Waals surface area contributed by atoms with E-state index in [0.717, 1.165) is 53.7 Å². The van der Waals surface area contributed by atoms with Crippen molar-refractivity contribution in [1.82, 2.24) is 30.1 Å². The minimum atomic E-state index is -0.0602. The smallest absolute Gasteiger partial charge is 0.252 e. The molecule has 1 aliphatic heterocycles. The van der Waals surface area contributed by atoms with E-state index in [1.165, 1.54) is 5.56 Å². The molecule has 1 fully saturated rings. The van der Waals surface area contributed by atoms with Gasteiger partial charge in [-0.1, -0.05) is 49.4 Å². The van der Waals surface area contributed by atoms with Gasteiger partial charge in [0.25, 0.3) is 5.56 Å². The number of H-pyrrole nitrogens is 1. The second-order valence-corrected chi connectivity index (χ2v) is 9.38. The Labute approximate surface area is 204 Å². The molecule has 0 spiro atoms. The summed E-state index contributed by atoms with van der Waals surface area (Å²) in [5, 5.41) is 13.8. The molecule has 2 aromatic carbocycles. The van der Waals surface area contributed by atoms with Crippen molar-refractivity contribution >= 4 is 10.9 Å². The molecule has 0 bridgehead atoms. The molecule has 3 heterocycles. The van der Waals surface area contributed by atoms with Crippen LogP contribution in [0.5, 0.6) is 0 Å². The number of nitrogens with zero attached hydrogens (tertiary/aromatic N) is 5. The maximum absolute atomic E-state index is 13.1. The number of hydrogen-bond acceptors (Lipinski definition) is 6. The Balaban J connectivity index is 1.49. The fourth-order valence-electron chi connectivity index (χ4n) is 4.96. The van der Waals surface area contributed by atoms with E-state index in [0.29, 0.717) is 19.6 Å². The molecule has 182 valence electrons. The lowest BCUT2D eigenvalue weighted by Gasteiger charge is -2.30. The third kappa shape index (κ3) is 5.33. The first-order chi connectivity index (χ1) is 17.1. The van der Waals surface area contributed by atoms with Gasteiger partial charge in [-0.05, 0) is 65.3 Å². The molecule has 1 saturated heterocycles. The molecule has 0 amide bonds. The van der Waals surface area contributed by atoms with Gasteiger partial charge in [-0.3, -0.25) is 9.69 Å². The van der Waals surface area contributed by atoms with Gasteiger partial charge in [-0.25, -0.2) is 4.68 Å². The zero-order chi connectivity index (χ0) is 24.2. The maximum Gasteiger partial charge on any atom is 0.252 e. The molecule has 8 heteroatoms. The molecule has 0 unspecified atom stereocenters. The van der Waals surface area contributed by atoms with Crippen molar-refractivity contribution in [1.29, 1.82) is 0 Å². The van der Waals surface area contributed by atoms with Crippen molar-refractivity contribution in [3.63, 3.8) is 0 Å². The van der Waals surface area contributed by atoms with Gasteiger partial charge in [-0.2, -0.15) is 0 Å². The van der Waals surface area contributed by atoms with E-state index in [2.05, 4.69) is 56.6 Å². The van der Waals surface area contributed by atoms with Crippen LogP contribution in [0.3, 0.4) is 0 Å². The fourth-order valence-corrected chi connectivity index (χ4v) is 4.96. The molecule has 0 saturated carbocycles. The van der Waals surface area contributed by atoms with Gasteiger partial charge < -0.3 is 9.72 Å². The number of aromatic nitrogens is 5. The number of hydrogen-bond donors (Lipinski definition) is 1. The Bertz CT molecular complexity index is 1330. The summed E-state index contributed by atoms with van der Waals surface area (Å²) in [6.07, 6.45) is 3.05. The van der Waals surface area contributed by atoms with Crippen molar-refractivity contribution in [3.05, 3.63) is 87.5 Å². The first-order valence-corrected chi connectivity index (χ1v) is 12.4. The molecule has 0 radical (unpaired) electrons. The fraction of sp³-hybridized carbons (Fsp3) is 0.407. The highest BCUT2D eigenvalue weighted by Crippen LogP contribution is 2.27. The average Bonchev–Trinajstić information content (AvgIpc) is 3.54.